The lowest BCUT2D eigenvalue weighted by Gasteiger charge is -2.19. The van der Waals surface area contributed by atoms with Gasteiger partial charge >= 0.3 is 0 Å². The molecule has 1 aromatic carbocycles. The van der Waals surface area contributed by atoms with Crippen LogP contribution in [0.15, 0.2) is 17.0 Å². The van der Waals surface area contributed by atoms with Crippen LogP contribution in [0.2, 0.25) is 0 Å². The minimum atomic E-state index is -3.55. The zero-order valence-corrected chi connectivity index (χ0v) is 13.2. The molecule has 0 saturated carbocycles. The molecule has 114 valence electrons. The highest BCUT2D eigenvalue weighted by Gasteiger charge is 2.33. The molecule has 0 bridgehead atoms. The second-order valence-corrected chi connectivity index (χ2v) is 7.00. The molecule has 4 nitrogen and oxygen atoms in total. The first-order valence-electron chi connectivity index (χ1n) is 6.33. The molecule has 1 saturated heterocycles. The number of hydrogen-bond acceptors (Lipinski definition) is 3. The Morgan fingerprint density at radius 3 is 2.35 bits per heavy atom. The minimum absolute atomic E-state index is 0. The van der Waals surface area contributed by atoms with Crippen molar-refractivity contribution in [1.82, 2.24) is 4.31 Å². The molecular weight excluding hydrogens is 303 g/mol. The molecule has 1 fully saturated rings. The number of nitrogens with two attached hydrogens (primary N) is 1. The first-order chi connectivity index (χ1) is 8.86. The fraction of sp³-hybridized carbons (Fsp3) is 0.538. The van der Waals surface area contributed by atoms with E-state index in [1.807, 2.05) is 0 Å². The lowest BCUT2D eigenvalue weighted by Crippen LogP contribution is -2.31. The van der Waals surface area contributed by atoms with Crippen molar-refractivity contribution < 1.29 is 12.8 Å². The smallest absolute Gasteiger partial charge is 0.243 e. The van der Waals surface area contributed by atoms with Crippen LogP contribution in [0, 0.1) is 25.6 Å². The summed E-state index contributed by atoms with van der Waals surface area (Å²) < 4.78 is 39.9. The summed E-state index contributed by atoms with van der Waals surface area (Å²) in [6.07, 6.45) is 0.787. The van der Waals surface area contributed by atoms with E-state index in [1.54, 1.807) is 13.8 Å². The topological polar surface area (TPSA) is 63.4 Å². The van der Waals surface area contributed by atoms with Gasteiger partial charge in [-0.1, -0.05) is 0 Å². The van der Waals surface area contributed by atoms with Crippen LogP contribution in [-0.2, 0) is 10.0 Å². The molecule has 1 aliphatic rings. The highest BCUT2D eigenvalue weighted by atomic mass is 35.5. The molecule has 1 heterocycles. The van der Waals surface area contributed by atoms with Gasteiger partial charge in [-0.3, -0.25) is 0 Å². The lowest BCUT2D eigenvalue weighted by molar-refractivity contribution is 0.458. The Bertz CT molecular complexity index is 569. The van der Waals surface area contributed by atoms with Gasteiger partial charge in [-0.15, -0.1) is 12.4 Å². The third-order valence-corrected chi connectivity index (χ3v) is 5.78. The van der Waals surface area contributed by atoms with Crippen molar-refractivity contribution in [2.24, 2.45) is 11.7 Å². The predicted octanol–water partition coefficient (Wildman–Crippen LogP) is 1.83. The Morgan fingerprint density at radius 2 is 1.90 bits per heavy atom. The van der Waals surface area contributed by atoms with Crippen LogP contribution < -0.4 is 5.73 Å². The molecule has 1 aliphatic heterocycles. The van der Waals surface area contributed by atoms with Crippen molar-refractivity contribution in [2.75, 3.05) is 19.6 Å². The van der Waals surface area contributed by atoms with Gasteiger partial charge in [0.05, 0.1) is 4.90 Å². The Kier molecular flexibility index (Phi) is 5.54. The second-order valence-electron chi connectivity index (χ2n) is 5.12. The standard InChI is InChI=1S/C13H19FN2O2S.ClH/c1-9-5-12(14)6-10(2)13(9)19(17,18)16-4-3-11(7-15)8-16;/h5-6,11H,3-4,7-8,15H2,1-2H3;1H. The number of aryl methyl sites for hydroxylation is 2. The zero-order chi connectivity index (χ0) is 14.2. The largest absolute Gasteiger partial charge is 0.330 e. The summed E-state index contributed by atoms with van der Waals surface area (Å²) in [5.41, 5.74) is 6.49. The van der Waals surface area contributed by atoms with Crippen molar-refractivity contribution in [1.29, 1.82) is 0 Å². The molecule has 0 aromatic heterocycles. The van der Waals surface area contributed by atoms with Gasteiger partial charge in [0.25, 0.3) is 0 Å². The zero-order valence-electron chi connectivity index (χ0n) is 11.6. The van der Waals surface area contributed by atoms with E-state index in [0.29, 0.717) is 30.8 Å². The van der Waals surface area contributed by atoms with Crippen LogP contribution in [0.5, 0.6) is 0 Å². The predicted molar refractivity (Wildman–Crippen MR) is 79.0 cm³/mol. The summed E-state index contributed by atoms with van der Waals surface area (Å²) in [4.78, 5) is 0.228. The van der Waals surface area contributed by atoms with Gasteiger partial charge in [0.1, 0.15) is 5.82 Å². The van der Waals surface area contributed by atoms with E-state index in [0.717, 1.165) is 6.42 Å². The van der Waals surface area contributed by atoms with Crippen LogP contribution >= 0.6 is 12.4 Å². The van der Waals surface area contributed by atoms with Crippen LogP contribution in [0.4, 0.5) is 4.39 Å². The normalized spacial score (nSPS) is 19.9. The summed E-state index contributed by atoms with van der Waals surface area (Å²) in [6.45, 7) is 4.68. The van der Waals surface area contributed by atoms with Crippen molar-refractivity contribution in [3.05, 3.63) is 29.1 Å². The average molecular weight is 323 g/mol. The highest BCUT2D eigenvalue weighted by molar-refractivity contribution is 7.89. The van der Waals surface area contributed by atoms with Gasteiger partial charge in [-0.05, 0) is 56.0 Å². The first kappa shape index (κ1) is 17.4. The molecule has 2 N–H and O–H groups in total. The first-order valence-corrected chi connectivity index (χ1v) is 7.77. The minimum Gasteiger partial charge on any atom is -0.330 e. The lowest BCUT2D eigenvalue weighted by atomic mass is 10.1. The van der Waals surface area contributed by atoms with Crippen LogP contribution in [0.3, 0.4) is 0 Å². The quantitative estimate of drug-likeness (QED) is 0.923. The number of sulfonamides is 1. The second kappa shape index (κ2) is 6.39. The fourth-order valence-electron chi connectivity index (χ4n) is 2.64. The summed E-state index contributed by atoms with van der Waals surface area (Å²) in [5.74, 6) is -0.189. The summed E-state index contributed by atoms with van der Waals surface area (Å²) >= 11 is 0. The Hall–Kier alpha value is -0.690. The van der Waals surface area contributed by atoms with E-state index < -0.39 is 15.8 Å². The third-order valence-electron chi connectivity index (χ3n) is 3.60. The number of hydrogen-bond donors (Lipinski definition) is 1. The van der Waals surface area contributed by atoms with Gasteiger partial charge in [-0.25, -0.2) is 12.8 Å². The number of rotatable bonds is 3. The van der Waals surface area contributed by atoms with Crippen LogP contribution in [-0.4, -0.2) is 32.4 Å². The van der Waals surface area contributed by atoms with E-state index in [9.17, 15) is 12.8 Å². The van der Waals surface area contributed by atoms with Gasteiger partial charge in [0.2, 0.25) is 10.0 Å². The summed E-state index contributed by atoms with van der Waals surface area (Å²) in [7, 11) is -3.55. The van der Waals surface area contributed by atoms with Gasteiger partial charge in [0, 0.05) is 13.1 Å². The summed E-state index contributed by atoms with van der Waals surface area (Å²) in [5, 5.41) is 0. The third kappa shape index (κ3) is 3.14. The molecule has 2 rings (SSSR count). The van der Waals surface area contributed by atoms with E-state index in [1.165, 1.54) is 16.4 Å². The molecule has 20 heavy (non-hydrogen) atoms. The SMILES string of the molecule is Cc1cc(F)cc(C)c1S(=O)(=O)N1CCC(CN)C1.Cl. The Morgan fingerprint density at radius 1 is 1.35 bits per heavy atom. The van der Waals surface area contributed by atoms with Gasteiger partial charge < -0.3 is 5.73 Å². The number of nitrogens with zero attached hydrogens (tertiary/aromatic N) is 1. The molecule has 1 atom stereocenters. The van der Waals surface area contributed by atoms with E-state index in [-0.39, 0.29) is 23.2 Å². The van der Waals surface area contributed by atoms with Crippen molar-refractivity contribution in [3.8, 4) is 0 Å². The molecule has 1 aromatic rings. The summed E-state index contributed by atoms with van der Waals surface area (Å²) in [6, 6.07) is 2.52. The molecule has 7 heteroatoms. The molecule has 0 spiro atoms. The average Bonchev–Trinajstić information content (AvgIpc) is 2.75. The molecule has 1 unspecified atom stereocenters. The number of halogens is 2. The number of benzene rings is 1. The molecular formula is C13H20ClFN2O2S. The molecule has 0 aliphatic carbocycles. The fourth-order valence-corrected chi connectivity index (χ4v) is 4.58. The maximum atomic E-state index is 13.3. The van der Waals surface area contributed by atoms with Crippen LogP contribution in [0.25, 0.3) is 0 Å². The van der Waals surface area contributed by atoms with Gasteiger partial charge in [-0.2, -0.15) is 4.31 Å². The van der Waals surface area contributed by atoms with E-state index >= 15 is 0 Å². The van der Waals surface area contributed by atoms with Crippen molar-refractivity contribution in [3.63, 3.8) is 0 Å². The van der Waals surface area contributed by atoms with E-state index in [4.69, 9.17) is 5.73 Å². The van der Waals surface area contributed by atoms with E-state index in [2.05, 4.69) is 0 Å². The maximum Gasteiger partial charge on any atom is 0.243 e. The van der Waals surface area contributed by atoms with Crippen LogP contribution in [0.1, 0.15) is 17.5 Å². The van der Waals surface area contributed by atoms with Crippen molar-refractivity contribution in [2.45, 2.75) is 25.2 Å². The van der Waals surface area contributed by atoms with Crippen molar-refractivity contribution >= 4 is 22.4 Å². The monoisotopic (exact) mass is 322 g/mol. The highest BCUT2D eigenvalue weighted by Crippen LogP contribution is 2.28. The Labute approximate surface area is 125 Å². The van der Waals surface area contributed by atoms with Gasteiger partial charge in [0.15, 0.2) is 0 Å². The molecule has 0 amide bonds. The maximum absolute atomic E-state index is 13.3. The Balaban J connectivity index is 0.00000200. The molecule has 0 radical (unpaired) electrons.